The zero-order chi connectivity index (χ0) is 24.6. The summed E-state index contributed by atoms with van der Waals surface area (Å²) in [4.78, 5) is 53.2. The summed E-state index contributed by atoms with van der Waals surface area (Å²) in [7, 11) is 0. The molecule has 2 aromatic carbocycles. The third kappa shape index (κ3) is 3.30. The van der Waals surface area contributed by atoms with Crippen molar-refractivity contribution in [1.29, 1.82) is 0 Å². The van der Waals surface area contributed by atoms with Gasteiger partial charge in [-0.1, -0.05) is 49.9 Å². The van der Waals surface area contributed by atoms with Crippen LogP contribution in [-0.4, -0.2) is 23.5 Å². The second kappa shape index (κ2) is 8.12. The topological polar surface area (TPSA) is 86.7 Å². The number of fused-ring (bicyclic) bond motifs is 4. The van der Waals surface area contributed by atoms with E-state index < -0.39 is 5.78 Å². The van der Waals surface area contributed by atoms with Gasteiger partial charge < -0.3 is 9.47 Å². The van der Waals surface area contributed by atoms with Crippen LogP contribution in [0.5, 0.6) is 11.5 Å². The number of ether oxygens (including phenoxy) is 2. The molecule has 5 aliphatic carbocycles. The first kappa shape index (κ1) is 22.0. The van der Waals surface area contributed by atoms with Crippen LogP contribution in [-0.2, 0) is 9.59 Å². The van der Waals surface area contributed by atoms with E-state index in [1.807, 2.05) is 0 Å². The Bertz CT molecular complexity index is 1200. The van der Waals surface area contributed by atoms with Crippen molar-refractivity contribution in [3.8, 4) is 11.5 Å². The first-order valence-electron chi connectivity index (χ1n) is 13.3. The van der Waals surface area contributed by atoms with Gasteiger partial charge in [0.2, 0.25) is 5.78 Å². The van der Waals surface area contributed by atoms with Crippen LogP contribution in [0.3, 0.4) is 0 Å². The van der Waals surface area contributed by atoms with Crippen LogP contribution in [0.25, 0.3) is 0 Å². The highest BCUT2D eigenvalue weighted by molar-refractivity contribution is 6.30. The fourth-order valence-corrected chi connectivity index (χ4v) is 7.39. The highest BCUT2D eigenvalue weighted by atomic mass is 16.5. The Kier molecular flexibility index (Phi) is 4.95. The first-order chi connectivity index (χ1) is 17.5. The molecule has 4 saturated carbocycles. The third-order valence-corrected chi connectivity index (χ3v) is 9.27. The lowest BCUT2D eigenvalue weighted by Gasteiger charge is -2.21. The van der Waals surface area contributed by atoms with E-state index in [1.165, 1.54) is 0 Å². The quantitative estimate of drug-likeness (QED) is 0.376. The predicted octanol–water partition coefficient (Wildman–Crippen LogP) is 5.15. The molecule has 2 aromatic rings. The predicted molar refractivity (Wildman–Crippen MR) is 129 cm³/mol. The number of carbonyl (C=O) groups is 4. The van der Waals surface area contributed by atoms with E-state index in [0.29, 0.717) is 23.7 Å². The van der Waals surface area contributed by atoms with E-state index in [0.717, 1.165) is 51.4 Å². The Hall–Kier alpha value is -3.28. The number of hydrogen-bond acceptors (Lipinski definition) is 6. The van der Waals surface area contributed by atoms with Crippen LogP contribution in [0.4, 0.5) is 0 Å². The molecule has 0 saturated heterocycles. The second-order valence-corrected chi connectivity index (χ2v) is 11.1. The summed E-state index contributed by atoms with van der Waals surface area (Å²) in [5.41, 5.74) is 0.580. The van der Waals surface area contributed by atoms with E-state index >= 15 is 0 Å². The molecule has 6 nitrogen and oxygen atoms in total. The highest BCUT2D eigenvalue weighted by Gasteiger charge is 2.57. The molecule has 7 rings (SSSR count). The lowest BCUT2D eigenvalue weighted by atomic mass is 9.83. The third-order valence-electron chi connectivity index (χ3n) is 9.27. The molecule has 0 radical (unpaired) electrons. The van der Waals surface area contributed by atoms with Gasteiger partial charge >= 0.3 is 11.9 Å². The molecule has 36 heavy (non-hydrogen) atoms. The summed E-state index contributed by atoms with van der Waals surface area (Å²) in [6.07, 6.45) is 8.72. The van der Waals surface area contributed by atoms with Gasteiger partial charge in [-0.15, -0.1) is 0 Å². The van der Waals surface area contributed by atoms with Crippen LogP contribution in [0.15, 0.2) is 36.4 Å². The maximum Gasteiger partial charge on any atom is 0.314 e. The summed E-state index contributed by atoms with van der Waals surface area (Å²) in [5, 5.41) is 0. The average Bonchev–Trinajstić information content (AvgIpc) is 3.80. The SMILES string of the molecule is O=C1c2cccc(OC(=O)C3[C@H]4CCCC[C@H]34)c2C(=O)c2c(OC(=O)C3[C@H]4CCCC[C@@H]34)cccc21. The van der Waals surface area contributed by atoms with Crippen LogP contribution >= 0.6 is 0 Å². The van der Waals surface area contributed by atoms with Gasteiger partial charge in [0.25, 0.3) is 0 Å². The minimum atomic E-state index is -0.451. The molecule has 4 fully saturated rings. The van der Waals surface area contributed by atoms with Crippen LogP contribution in [0.1, 0.15) is 83.2 Å². The smallest absolute Gasteiger partial charge is 0.314 e. The Balaban J connectivity index is 1.19. The lowest BCUT2D eigenvalue weighted by molar-refractivity contribution is -0.137. The summed E-state index contributed by atoms with van der Waals surface area (Å²) >= 11 is 0. The molecule has 6 heteroatoms. The maximum absolute atomic E-state index is 13.8. The number of hydrogen-bond donors (Lipinski definition) is 0. The van der Waals surface area contributed by atoms with Gasteiger partial charge in [-0.2, -0.15) is 0 Å². The molecule has 0 bridgehead atoms. The Labute approximate surface area is 209 Å². The van der Waals surface area contributed by atoms with Crippen LogP contribution < -0.4 is 9.47 Å². The molecule has 1 unspecified atom stereocenters. The van der Waals surface area contributed by atoms with Gasteiger partial charge in [0.1, 0.15) is 11.5 Å². The molecule has 0 heterocycles. The van der Waals surface area contributed by atoms with Gasteiger partial charge in [0.05, 0.1) is 23.0 Å². The summed E-state index contributed by atoms with van der Waals surface area (Å²) in [6.45, 7) is 0. The highest BCUT2D eigenvalue weighted by Crippen LogP contribution is 2.57. The molecule has 5 aliphatic rings. The fourth-order valence-electron chi connectivity index (χ4n) is 7.39. The number of rotatable bonds is 4. The molecular weight excluding hydrogens is 456 g/mol. The van der Waals surface area contributed by atoms with E-state index in [1.54, 1.807) is 36.4 Å². The molecule has 0 aliphatic heterocycles. The number of benzene rings is 2. The summed E-state index contributed by atoms with van der Waals surface area (Å²) < 4.78 is 11.6. The normalized spacial score (nSPS) is 31.3. The van der Waals surface area contributed by atoms with E-state index in [2.05, 4.69) is 0 Å². The zero-order valence-electron chi connectivity index (χ0n) is 20.0. The Morgan fingerprint density at radius 3 is 1.36 bits per heavy atom. The van der Waals surface area contributed by atoms with Gasteiger partial charge in [-0.25, -0.2) is 0 Å². The summed E-state index contributed by atoms with van der Waals surface area (Å²) in [6, 6.07) is 9.58. The van der Waals surface area contributed by atoms with Crippen molar-refractivity contribution in [2.75, 3.05) is 0 Å². The lowest BCUT2D eigenvalue weighted by Crippen LogP contribution is -2.25. The van der Waals surface area contributed by atoms with E-state index in [-0.39, 0.29) is 63.3 Å². The first-order valence-corrected chi connectivity index (χ1v) is 13.3. The van der Waals surface area contributed by atoms with E-state index in [9.17, 15) is 19.2 Å². The molecule has 5 atom stereocenters. The van der Waals surface area contributed by atoms with Crippen molar-refractivity contribution in [1.82, 2.24) is 0 Å². The number of ketones is 2. The van der Waals surface area contributed by atoms with Gasteiger partial charge in [0.15, 0.2) is 5.78 Å². The fraction of sp³-hybridized carbons (Fsp3) is 0.467. The number of esters is 2. The molecule has 0 amide bonds. The maximum atomic E-state index is 13.8. The largest absolute Gasteiger partial charge is 0.425 e. The van der Waals surface area contributed by atoms with Crippen molar-refractivity contribution in [3.05, 3.63) is 58.7 Å². The standard InChI is InChI=1S/C30H28O6/c31-27-19-11-5-13-21(35-29(33)23-15-7-1-2-8-16(15)23)25(19)28(32)26-20(27)12-6-14-22(26)36-30(34)24-17-9-3-4-10-18(17)24/h5-6,11-18,23-24H,1-4,7-10H2/t15-,16-,17-,18+,24?/m0/s1. The molecule has 0 spiro atoms. The Morgan fingerprint density at radius 2 is 0.972 bits per heavy atom. The molecule has 0 aromatic heterocycles. The second-order valence-electron chi connectivity index (χ2n) is 11.1. The molecular formula is C30H28O6. The zero-order valence-corrected chi connectivity index (χ0v) is 20.0. The molecule has 0 N–H and O–H groups in total. The Morgan fingerprint density at radius 1 is 0.583 bits per heavy atom. The van der Waals surface area contributed by atoms with E-state index in [4.69, 9.17) is 9.47 Å². The van der Waals surface area contributed by atoms with Gasteiger partial charge in [-0.3, -0.25) is 19.2 Å². The minimum absolute atomic E-state index is 0.0792. The average molecular weight is 485 g/mol. The van der Waals surface area contributed by atoms with Gasteiger partial charge in [-0.05, 0) is 61.5 Å². The summed E-state index contributed by atoms with van der Waals surface area (Å²) in [5.74, 6) is 0.0587. The van der Waals surface area contributed by atoms with Crippen molar-refractivity contribution in [3.63, 3.8) is 0 Å². The van der Waals surface area contributed by atoms with Crippen molar-refractivity contribution in [2.24, 2.45) is 35.5 Å². The minimum Gasteiger partial charge on any atom is -0.425 e. The number of carbonyl (C=O) groups excluding carboxylic acids is 4. The molecule has 184 valence electrons. The van der Waals surface area contributed by atoms with Crippen LogP contribution in [0, 0.1) is 35.5 Å². The van der Waals surface area contributed by atoms with Crippen molar-refractivity contribution in [2.45, 2.75) is 51.4 Å². The van der Waals surface area contributed by atoms with Gasteiger partial charge in [0, 0.05) is 11.1 Å². The monoisotopic (exact) mass is 484 g/mol. The van der Waals surface area contributed by atoms with Crippen LogP contribution in [0.2, 0.25) is 0 Å². The van der Waals surface area contributed by atoms with Crippen molar-refractivity contribution < 1.29 is 28.7 Å². The van der Waals surface area contributed by atoms with Crippen molar-refractivity contribution >= 4 is 23.5 Å².